The quantitative estimate of drug-likeness (QED) is 0.679. The third kappa shape index (κ3) is 3.49. The molecule has 0 amide bonds. The van der Waals surface area contributed by atoms with Gasteiger partial charge in [0, 0.05) is 24.6 Å². The molecule has 14 heavy (non-hydrogen) atoms. The fourth-order valence-electron chi connectivity index (χ4n) is 1.10. The highest BCUT2D eigenvalue weighted by molar-refractivity contribution is 5.16. The third-order valence-corrected chi connectivity index (χ3v) is 1.66. The second-order valence-electron chi connectivity index (χ2n) is 3.34. The number of terminal acetylenes is 1. The summed E-state index contributed by atoms with van der Waals surface area (Å²) in [5, 5.41) is 0. The molecule has 0 saturated heterocycles. The van der Waals surface area contributed by atoms with Gasteiger partial charge in [-0.05, 0) is 19.9 Å². The Kier molecular flexibility index (Phi) is 4.00. The highest BCUT2D eigenvalue weighted by atomic mass is 16.5. The van der Waals surface area contributed by atoms with Crippen LogP contribution in [0, 0.1) is 12.3 Å². The monoisotopic (exact) mass is 189 g/mol. The molecule has 0 fully saturated rings. The molecule has 74 valence electrons. The number of aromatic nitrogens is 1. The topological polar surface area (TPSA) is 22.1 Å². The summed E-state index contributed by atoms with van der Waals surface area (Å²) in [6.45, 7) is 3.96. The van der Waals surface area contributed by atoms with Gasteiger partial charge in [0.15, 0.2) is 0 Å². The highest BCUT2D eigenvalue weighted by Crippen LogP contribution is 2.10. The maximum Gasteiger partial charge on any atom is 0.213 e. The van der Waals surface area contributed by atoms with E-state index in [1.54, 1.807) is 0 Å². The molecule has 0 aromatic carbocycles. The second-order valence-corrected chi connectivity index (χ2v) is 3.34. The van der Waals surface area contributed by atoms with Gasteiger partial charge in [-0.3, -0.25) is 0 Å². The molecule has 0 aliphatic carbocycles. The first-order valence-electron chi connectivity index (χ1n) is 4.78. The van der Waals surface area contributed by atoms with Gasteiger partial charge >= 0.3 is 0 Å². The number of rotatable bonds is 4. The zero-order valence-electron chi connectivity index (χ0n) is 8.66. The predicted molar refractivity (Wildman–Crippen MR) is 57.2 cm³/mol. The van der Waals surface area contributed by atoms with Gasteiger partial charge in [0.25, 0.3) is 0 Å². The lowest BCUT2D eigenvalue weighted by atomic mass is 10.2. The minimum atomic E-state index is 0.158. The molecule has 0 spiro atoms. The van der Waals surface area contributed by atoms with E-state index in [4.69, 9.17) is 11.2 Å². The van der Waals surface area contributed by atoms with Crippen LogP contribution in [0.2, 0.25) is 0 Å². The summed E-state index contributed by atoms with van der Waals surface area (Å²) in [6, 6.07) is 5.76. The predicted octanol–water partition coefficient (Wildman–Crippen LogP) is 2.43. The largest absolute Gasteiger partial charge is 0.475 e. The van der Waals surface area contributed by atoms with E-state index in [1.807, 2.05) is 32.0 Å². The van der Waals surface area contributed by atoms with Gasteiger partial charge in [0.2, 0.25) is 5.88 Å². The zero-order valence-corrected chi connectivity index (χ0v) is 8.66. The molecule has 0 aliphatic rings. The average Bonchev–Trinajstić information content (AvgIpc) is 2.14. The Morgan fingerprint density at radius 1 is 1.50 bits per heavy atom. The molecular formula is C12H15NO. The van der Waals surface area contributed by atoms with Crippen molar-refractivity contribution in [3.8, 4) is 18.2 Å². The number of nitrogens with zero attached hydrogens (tertiary/aromatic N) is 1. The molecule has 0 unspecified atom stereocenters. The lowest BCUT2D eigenvalue weighted by molar-refractivity contribution is 0.232. The molecule has 1 aromatic rings. The van der Waals surface area contributed by atoms with Crippen molar-refractivity contribution in [1.82, 2.24) is 4.98 Å². The SMILES string of the molecule is C#CCCc1cccc(OC(C)C)n1. The van der Waals surface area contributed by atoms with Gasteiger partial charge in [0.1, 0.15) is 0 Å². The van der Waals surface area contributed by atoms with Crippen LogP contribution in [0.25, 0.3) is 0 Å². The van der Waals surface area contributed by atoms with E-state index in [-0.39, 0.29) is 6.10 Å². The molecule has 0 bridgehead atoms. The zero-order chi connectivity index (χ0) is 10.4. The van der Waals surface area contributed by atoms with E-state index in [9.17, 15) is 0 Å². The van der Waals surface area contributed by atoms with Gasteiger partial charge in [-0.25, -0.2) is 4.98 Å². The Hall–Kier alpha value is -1.49. The van der Waals surface area contributed by atoms with Gasteiger partial charge in [0.05, 0.1) is 6.10 Å². The molecule has 1 aromatic heterocycles. The van der Waals surface area contributed by atoms with Crippen LogP contribution < -0.4 is 4.74 Å². The van der Waals surface area contributed by atoms with Gasteiger partial charge in [-0.2, -0.15) is 0 Å². The van der Waals surface area contributed by atoms with Crippen molar-refractivity contribution in [3.05, 3.63) is 23.9 Å². The van der Waals surface area contributed by atoms with E-state index >= 15 is 0 Å². The molecule has 0 N–H and O–H groups in total. The molecule has 0 radical (unpaired) electrons. The third-order valence-electron chi connectivity index (χ3n) is 1.66. The maximum atomic E-state index is 5.47. The summed E-state index contributed by atoms with van der Waals surface area (Å²) in [4.78, 5) is 4.33. The second kappa shape index (κ2) is 5.29. The Morgan fingerprint density at radius 3 is 2.93 bits per heavy atom. The van der Waals surface area contributed by atoms with Crippen molar-refractivity contribution in [3.63, 3.8) is 0 Å². The van der Waals surface area contributed by atoms with Crippen molar-refractivity contribution in [1.29, 1.82) is 0 Å². The van der Waals surface area contributed by atoms with E-state index in [0.717, 1.165) is 18.5 Å². The van der Waals surface area contributed by atoms with Crippen molar-refractivity contribution < 1.29 is 4.74 Å². The average molecular weight is 189 g/mol. The number of pyridine rings is 1. The first-order valence-corrected chi connectivity index (χ1v) is 4.78. The number of aryl methyl sites for hydroxylation is 1. The number of hydrogen-bond acceptors (Lipinski definition) is 2. The lowest BCUT2D eigenvalue weighted by Crippen LogP contribution is -2.07. The van der Waals surface area contributed by atoms with Crippen LogP contribution >= 0.6 is 0 Å². The Bertz CT molecular complexity index is 325. The number of hydrogen-bond donors (Lipinski definition) is 0. The summed E-state index contributed by atoms with van der Waals surface area (Å²) in [5.41, 5.74) is 0.987. The van der Waals surface area contributed by atoms with Gasteiger partial charge in [-0.15, -0.1) is 12.3 Å². The normalized spacial score (nSPS) is 9.86. The molecular weight excluding hydrogens is 174 g/mol. The smallest absolute Gasteiger partial charge is 0.213 e. The molecule has 2 nitrogen and oxygen atoms in total. The standard InChI is InChI=1S/C12H15NO/c1-4-5-7-11-8-6-9-12(13-11)14-10(2)3/h1,6,8-10H,5,7H2,2-3H3. The van der Waals surface area contributed by atoms with Crippen LogP contribution in [0.4, 0.5) is 0 Å². The minimum absolute atomic E-state index is 0.158. The van der Waals surface area contributed by atoms with Crippen LogP contribution in [0.15, 0.2) is 18.2 Å². The van der Waals surface area contributed by atoms with Crippen molar-refractivity contribution in [2.24, 2.45) is 0 Å². The van der Waals surface area contributed by atoms with E-state index < -0.39 is 0 Å². The van der Waals surface area contributed by atoms with Gasteiger partial charge in [-0.1, -0.05) is 6.07 Å². The molecule has 0 atom stereocenters. The van der Waals surface area contributed by atoms with Crippen molar-refractivity contribution >= 4 is 0 Å². The molecule has 1 heterocycles. The molecule has 2 heteroatoms. The van der Waals surface area contributed by atoms with Crippen molar-refractivity contribution in [2.75, 3.05) is 0 Å². The van der Waals surface area contributed by atoms with E-state index in [2.05, 4.69) is 10.9 Å². The van der Waals surface area contributed by atoms with E-state index in [1.165, 1.54) is 0 Å². The van der Waals surface area contributed by atoms with Crippen LogP contribution in [-0.4, -0.2) is 11.1 Å². The summed E-state index contributed by atoms with van der Waals surface area (Å²) >= 11 is 0. The molecule has 0 saturated carbocycles. The van der Waals surface area contributed by atoms with E-state index in [0.29, 0.717) is 5.88 Å². The van der Waals surface area contributed by atoms with Crippen LogP contribution in [-0.2, 0) is 6.42 Å². The fourth-order valence-corrected chi connectivity index (χ4v) is 1.10. The Morgan fingerprint density at radius 2 is 2.29 bits per heavy atom. The fraction of sp³-hybridized carbons (Fsp3) is 0.417. The van der Waals surface area contributed by atoms with Crippen LogP contribution in [0.5, 0.6) is 5.88 Å². The first-order chi connectivity index (χ1) is 6.72. The highest BCUT2D eigenvalue weighted by Gasteiger charge is 2.00. The van der Waals surface area contributed by atoms with Crippen LogP contribution in [0.3, 0.4) is 0 Å². The summed E-state index contributed by atoms with van der Waals surface area (Å²) in [5.74, 6) is 3.27. The maximum absolute atomic E-state index is 5.47. The lowest BCUT2D eigenvalue weighted by Gasteiger charge is -2.09. The summed E-state index contributed by atoms with van der Waals surface area (Å²) in [7, 11) is 0. The van der Waals surface area contributed by atoms with Gasteiger partial charge < -0.3 is 4.74 Å². The first kappa shape index (κ1) is 10.6. The molecule has 1 rings (SSSR count). The summed E-state index contributed by atoms with van der Waals surface area (Å²) in [6.07, 6.45) is 6.88. The molecule has 0 aliphatic heterocycles. The van der Waals surface area contributed by atoms with Crippen molar-refractivity contribution in [2.45, 2.75) is 32.8 Å². The Labute approximate surface area is 85.3 Å². The minimum Gasteiger partial charge on any atom is -0.475 e. The summed E-state index contributed by atoms with van der Waals surface area (Å²) < 4.78 is 5.47. The Balaban J connectivity index is 2.65. The van der Waals surface area contributed by atoms with Crippen LogP contribution in [0.1, 0.15) is 26.0 Å². The number of ether oxygens (including phenoxy) is 1.